The van der Waals surface area contributed by atoms with Gasteiger partial charge in [-0.15, -0.1) is 0 Å². The Kier molecular flexibility index (Phi) is 5.30. The van der Waals surface area contributed by atoms with Crippen LogP contribution in [0.4, 0.5) is 11.4 Å². The molecule has 10 heteroatoms. The van der Waals surface area contributed by atoms with Crippen LogP contribution in [0.1, 0.15) is 16.1 Å². The van der Waals surface area contributed by atoms with Crippen molar-refractivity contribution in [2.75, 3.05) is 16.3 Å². The fourth-order valence-corrected chi connectivity index (χ4v) is 3.41. The first-order valence-electron chi connectivity index (χ1n) is 9.16. The molecule has 2 heterocycles. The summed E-state index contributed by atoms with van der Waals surface area (Å²) in [5, 5.41) is 6.80. The number of nitrogens with one attached hydrogen (secondary N) is 2. The Morgan fingerprint density at radius 1 is 1.03 bits per heavy atom. The summed E-state index contributed by atoms with van der Waals surface area (Å²) in [4.78, 5) is 16.7. The Labute approximate surface area is 178 Å². The summed E-state index contributed by atoms with van der Waals surface area (Å²) in [5.41, 5.74) is 3.18. The zero-order valence-corrected chi connectivity index (χ0v) is 17.4. The molecule has 31 heavy (non-hydrogen) atoms. The predicted molar refractivity (Wildman–Crippen MR) is 115 cm³/mol. The Bertz CT molecular complexity index is 1330. The van der Waals surface area contributed by atoms with Crippen LogP contribution in [-0.4, -0.2) is 30.7 Å². The summed E-state index contributed by atoms with van der Waals surface area (Å²) in [6.45, 7) is 1.87. The van der Waals surface area contributed by atoms with Gasteiger partial charge in [0.2, 0.25) is 15.8 Å². The van der Waals surface area contributed by atoms with Crippen LogP contribution in [0.2, 0.25) is 0 Å². The molecule has 9 nitrogen and oxygen atoms in total. The van der Waals surface area contributed by atoms with Crippen molar-refractivity contribution in [2.45, 2.75) is 6.92 Å². The van der Waals surface area contributed by atoms with Crippen molar-refractivity contribution in [3.8, 4) is 22.8 Å². The van der Waals surface area contributed by atoms with E-state index in [0.717, 1.165) is 11.8 Å². The summed E-state index contributed by atoms with van der Waals surface area (Å²) in [6, 6.07) is 15.2. The maximum Gasteiger partial charge on any atom is 0.291 e. The van der Waals surface area contributed by atoms with Crippen molar-refractivity contribution in [3.63, 3.8) is 0 Å². The van der Waals surface area contributed by atoms with Crippen LogP contribution in [0.15, 0.2) is 69.8 Å². The summed E-state index contributed by atoms with van der Waals surface area (Å²) in [5.74, 6) is 0.474. The van der Waals surface area contributed by atoms with E-state index in [9.17, 15) is 13.2 Å². The van der Waals surface area contributed by atoms with Crippen LogP contribution in [0.25, 0.3) is 22.8 Å². The molecule has 2 N–H and O–H groups in total. The van der Waals surface area contributed by atoms with E-state index in [0.29, 0.717) is 28.3 Å². The van der Waals surface area contributed by atoms with Gasteiger partial charge in [-0.3, -0.25) is 9.52 Å². The van der Waals surface area contributed by atoms with E-state index in [1.54, 1.807) is 42.5 Å². The quantitative estimate of drug-likeness (QED) is 0.467. The lowest BCUT2D eigenvalue weighted by Crippen LogP contribution is -2.11. The second-order valence-electron chi connectivity index (χ2n) is 6.84. The van der Waals surface area contributed by atoms with Gasteiger partial charge in [-0.1, -0.05) is 11.2 Å². The maximum absolute atomic E-state index is 12.3. The number of nitrogens with zero attached hydrogens (tertiary/aromatic N) is 2. The summed E-state index contributed by atoms with van der Waals surface area (Å²) in [6.07, 6.45) is 2.52. The Morgan fingerprint density at radius 3 is 2.45 bits per heavy atom. The number of aromatic nitrogens is 2. The number of furan rings is 1. The van der Waals surface area contributed by atoms with E-state index in [2.05, 4.69) is 20.2 Å². The third kappa shape index (κ3) is 4.81. The second-order valence-corrected chi connectivity index (χ2v) is 8.58. The molecule has 0 aliphatic carbocycles. The van der Waals surface area contributed by atoms with Crippen LogP contribution in [0.3, 0.4) is 0 Å². The number of hydrogen-bond donors (Lipinski definition) is 2. The summed E-state index contributed by atoms with van der Waals surface area (Å²) in [7, 11) is -3.35. The first-order valence-corrected chi connectivity index (χ1v) is 11.1. The molecule has 2 aromatic heterocycles. The molecule has 0 aliphatic heterocycles. The maximum atomic E-state index is 12.3. The van der Waals surface area contributed by atoms with E-state index >= 15 is 0 Å². The topological polar surface area (TPSA) is 127 Å². The summed E-state index contributed by atoms with van der Waals surface area (Å²) >= 11 is 0. The lowest BCUT2D eigenvalue weighted by molar-refractivity contribution is 0.0996. The van der Waals surface area contributed by atoms with Crippen molar-refractivity contribution in [1.82, 2.24) is 10.1 Å². The molecular formula is C21H18N4O5S. The van der Waals surface area contributed by atoms with Gasteiger partial charge in [0, 0.05) is 22.5 Å². The molecule has 4 rings (SSSR count). The van der Waals surface area contributed by atoms with Gasteiger partial charge in [0.05, 0.1) is 12.5 Å². The van der Waals surface area contributed by atoms with Crippen molar-refractivity contribution in [3.05, 3.63) is 72.2 Å². The average molecular weight is 438 g/mol. The first-order chi connectivity index (χ1) is 14.8. The fourth-order valence-electron chi connectivity index (χ4n) is 2.84. The van der Waals surface area contributed by atoms with Crippen molar-refractivity contribution >= 4 is 27.3 Å². The molecule has 1 amide bonds. The number of amides is 1. The van der Waals surface area contributed by atoms with Gasteiger partial charge in [-0.2, -0.15) is 4.98 Å². The largest absolute Gasteiger partial charge is 0.459 e. The Balaban J connectivity index is 1.55. The van der Waals surface area contributed by atoms with Gasteiger partial charge in [-0.05, 0) is 61.0 Å². The Morgan fingerprint density at radius 2 is 1.77 bits per heavy atom. The molecule has 0 atom stereocenters. The molecule has 0 unspecified atom stereocenters. The lowest BCUT2D eigenvalue weighted by atomic mass is 10.1. The van der Waals surface area contributed by atoms with Gasteiger partial charge < -0.3 is 14.3 Å². The molecule has 0 spiro atoms. The molecule has 158 valence electrons. The molecule has 0 saturated heterocycles. The minimum absolute atomic E-state index is 0.207. The van der Waals surface area contributed by atoms with Crippen LogP contribution >= 0.6 is 0 Å². The third-order valence-electron chi connectivity index (χ3n) is 4.35. The molecule has 4 aromatic rings. The van der Waals surface area contributed by atoms with Crippen LogP contribution in [-0.2, 0) is 10.0 Å². The van der Waals surface area contributed by atoms with Gasteiger partial charge in [-0.25, -0.2) is 8.42 Å². The van der Waals surface area contributed by atoms with Crippen LogP contribution in [0.5, 0.6) is 0 Å². The van der Waals surface area contributed by atoms with Crippen molar-refractivity contribution in [2.24, 2.45) is 0 Å². The number of sulfonamides is 1. The van der Waals surface area contributed by atoms with E-state index in [1.807, 2.05) is 19.1 Å². The molecule has 0 radical (unpaired) electrons. The number of aryl methyl sites for hydroxylation is 1. The van der Waals surface area contributed by atoms with Gasteiger partial charge in [0.1, 0.15) is 0 Å². The standard InChI is InChI=1S/C21H18N4O5S/c1-13-5-6-15(12-17(13)22-20(26)18-4-3-11-29-18)21-23-19(24-30-21)14-7-9-16(10-8-14)25-31(2,27)28/h3-12,25H,1-2H3,(H,22,26). The predicted octanol–water partition coefficient (Wildman–Crippen LogP) is 3.93. The highest BCUT2D eigenvalue weighted by Gasteiger charge is 2.15. The number of hydrogen-bond acceptors (Lipinski definition) is 7. The summed E-state index contributed by atoms with van der Waals surface area (Å²) < 4.78 is 35.5. The van der Waals surface area contributed by atoms with Crippen molar-refractivity contribution in [1.29, 1.82) is 0 Å². The van der Waals surface area contributed by atoms with Gasteiger partial charge in [0.15, 0.2) is 5.76 Å². The minimum Gasteiger partial charge on any atom is -0.459 e. The fraction of sp³-hybridized carbons (Fsp3) is 0.0952. The highest BCUT2D eigenvalue weighted by molar-refractivity contribution is 7.92. The molecule has 0 saturated carbocycles. The van der Waals surface area contributed by atoms with Gasteiger partial charge >= 0.3 is 0 Å². The van der Waals surface area contributed by atoms with E-state index < -0.39 is 10.0 Å². The number of anilines is 2. The smallest absolute Gasteiger partial charge is 0.291 e. The van der Waals surface area contributed by atoms with Crippen LogP contribution < -0.4 is 10.0 Å². The minimum atomic E-state index is -3.35. The number of carbonyl (C=O) groups is 1. The van der Waals surface area contributed by atoms with Gasteiger partial charge in [0.25, 0.3) is 11.8 Å². The SMILES string of the molecule is Cc1ccc(-c2nc(-c3ccc(NS(C)(=O)=O)cc3)no2)cc1NC(=O)c1ccco1. The highest BCUT2D eigenvalue weighted by atomic mass is 32.2. The molecular weight excluding hydrogens is 420 g/mol. The third-order valence-corrected chi connectivity index (χ3v) is 4.96. The number of carbonyl (C=O) groups excluding carboxylic acids is 1. The van der Waals surface area contributed by atoms with E-state index in [4.69, 9.17) is 8.94 Å². The van der Waals surface area contributed by atoms with E-state index in [-0.39, 0.29) is 17.6 Å². The van der Waals surface area contributed by atoms with Crippen molar-refractivity contribution < 1.29 is 22.2 Å². The number of rotatable bonds is 6. The first kappa shape index (κ1) is 20.4. The second kappa shape index (κ2) is 8.07. The molecule has 0 fully saturated rings. The highest BCUT2D eigenvalue weighted by Crippen LogP contribution is 2.27. The number of benzene rings is 2. The lowest BCUT2D eigenvalue weighted by Gasteiger charge is -2.08. The Hall–Kier alpha value is -3.92. The molecule has 2 aromatic carbocycles. The normalized spacial score (nSPS) is 11.3. The zero-order chi connectivity index (χ0) is 22.0. The average Bonchev–Trinajstić information content (AvgIpc) is 3.41. The van der Waals surface area contributed by atoms with Crippen LogP contribution in [0, 0.1) is 6.92 Å². The molecule has 0 bridgehead atoms. The molecule has 0 aliphatic rings. The monoisotopic (exact) mass is 438 g/mol. The zero-order valence-electron chi connectivity index (χ0n) is 16.6. The van der Waals surface area contributed by atoms with E-state index in [1.165, 1.54) is 6.26 Å².